The molecule has 0 aromatic heterocycles. The van der Waals surface area contributed by atoms with Crippen LogP contribution in [0.25, 0.3) is 0 Å². The molecule has 1 aromatic carbocycles. The second-order valence-electron chi connectivity index (χ2n) is 3.74. The van der Waals surface area contributed by atoms with E-state index in [4.69, 9.17) is 5.11 Å². The standard InChI is InChI=1S/C11H14BrNO/c12-10-3-1-9(2-4-10)11(5-6-11)13-7-8-14/h1-4,13-14H,5-8H2. The van der Waals surface area contributed by atoms with Crippen molar-refractivity contribution < 1.29 is 5.11 Å². The monoisotopic (exact) mass is 255 g/mol. The highest BCUT2D eigenvalue weighted by Crippen LogP contribution is 2.45. The molecule has 0 amide bonds. The number of halogens is 1. The Kier molecular flexibility index (Phi) is 2.91. The smallest absolute Gasteiger partial charge is 0.0556 e. The first kappa shape index (κ1) is 10.1. The van der Waals surface area contributed by atoms with Gasteiger partial charge in [0, 0.05) is 16.6 Å². The quantitative estimate of drug-likeness (QED) is 0.863. The fourth-order valence-corrected chi connectivity index (χ4v) is 2.02. The van der Waals surface area contributed by atoms with Crippen LogP contribution in [0.1, 0.15) is 18.4 Å². The summed E-state index contributed by atoms with van der Waals surface area (Å²) in [6.07, 6.45) is 2.35. The average molecular weight is 256 g/mol. The van der Waals surface area contributed by atoms with Crippen LogP contribution in [0.2, 0.25) is 0 Å². The number of hydrogen-bond acceptors (Lipinski definition) is 2. The van der Waals surface area contributed by atoms with Gasteiger partial charge in [0.25, 0.3) is 0 Å². The Bertz CT molecular complexity index is 306. The summed E-state index contributed by atoms with van der Waals surface area (Å²) >= 11 is 3.42. The van der Waals surface area contributed by atoms with Crippen molar-refractivity contribution in [3.63, 3.8) is 0 Å². The Morgan fingerprint density at radius 2 is 1.93 bits per heavy atom. The molecule has 0 saturated heterocycles. The lowest BCUT2D eigenvalue weighted by atomic mass is 10.1. The minimum Gasteiger partial charge on any atom is -0.395 e. The van der Waals surface area contributed by atoms with Gasteiger partial charge in [0.15, 0.2) is 0 Å². The van der Waals surface area contributed by atoms with Gasteiger partial charge in [0.05, 0.1) is 6.61 Å². The Hall–Kier alpha value is -0.380. The van der Waals surface area contributed by atoms with Crippen molar-refractivity contribution >= 4 is 15.9 Å². The largest absolute Gasteiger partial charge is 0.395 e. The summed E-state index contributed by atoms with van der Waals surface area (Å²) in [6, 6.07) is 8.41. The van der Waals surface area contributed by atoms with E-state index in [1.54, 1.807) is 0 Å². The number of nitrogens with one attached hydrogen (secondary N) is 1. The molecule has 0 atom stereocenters. The van der Waals surface area contributed by atoms with E-state index in [1.165, 1.54) is 18.4 Å². The van der Waals surface area contributed by atoms with Crippen molar-refractivity contribution in [3.8, 4) is 0 Å². The van der Waals surface area contributed by atoms with Crippen molar-refractivity contribution in [2.24, 2.45) is 0 Å². The summed E-state index contributed by atoms with van der Waals surface area (Å²) in [4.78, 5) is 0. The molecule has 0 spiro atoms. The number of hydrogen-bond donors (Lipinski definition) is 2. The van der Waals surface area contributed by atoms with Crippen LogP contribution in [0.4, 0.5) is 0 Å². The third kappa shape index (κ3) is 2.00. The SMILES string of the molecule is OCCNC1(c2ccc(Br)cc2)CC1. The van der Waals surface area contributed by atoms with Crippen molar-refractivity contribution in [2.75, 3.05) is 13.2 Å². The molecule has 1 aliphatic carbocycles. The minimum atomic E-state index is 0.156. The molecule has 0 unspecified atom stereocenters. The third-order valence-electron chi connectivity index (χ3n) is 2.72. The van der Waals surface area contributed by atoms with E-state index in [2.05, 4.69) is 45.5 Å². The zero-order chi connectivity index (χ0) is 10.0. The second-order valence-corrected chi connectivity index (χ2v) is 4.66. The number of aliphatic hydroxyl groups excluding tert-OH is 1. The van der Waals surface area contributed by atoms with Gasteiger partial charge in [0.2, 0.25) is 0 Å². The predicted molar refractivity (Wildman–Crippen MR) is 60.1 cm³/mol. The molecule has 2 rings (SSSR count). The molecule has 0 aliphatic heterocycles. The molecular formula is C11H14BrNO. The van der Waals surface area contributed by atoms with Crippen LogP contribution in [0.3, 0.4) is 0 Å². The molecule has 0 heterocycles. The van der Waals surface area contributed by atoms with Crippen molar-refractivity contribution in [2.45, 2.75) is 18.4 Å². The molecule has 2 N–H and O–H groups in total. The van der Waals surface area contributed by atoms with E-state index in [0.717, 1.165) is 4.47 Å². The predicted octanol–water partition coefficient (Wildman–Crippen LogP) is 2.02. The number of aliphatic hydroxyl groups is 1. The van der Waals surface area contributed by atoms with Crippen LogP contribution in [0, 0.1) is 0 Å². The lowest BCUT2D eigenvalue weighted by Gasteiger charge is -2.17. The van der Waals surface area contributed by atoms with Crippen LogP contribution in [0.15, 0.2) is 28.7 Å². The minimum absolute atomic E-state index is 0.156. The zero-order valence-corrected chi connectivity index (χ0v) is 9.55. The first-order valence-electron chi connectivity index (χ1n) is 4.89. The van der Waals surface area contributed by atoms with Gasteiger partial charge in [-0.2, -0.15) is 0 Å². The fraction of sp³-hybridized carbons (Fsp3) is 0.455. The molecule has 0 radical (unpaired) electrons. The molecule has 76 valence electrons. The van der Waals surface area contributed by atoms with Crippen molar-refractivity contribution in [1.82, 2.24) is 5.32 Å². The molecule has 14 heavy (non-hydrogen) atoms. The summed E-state index contributed by atoms with van der Waals surface area (Å²) < 4.78 is 1.11. The maximum absolute atomic E-state index is 8.78. The molecule has 1 aromatic rings. The highest BCUT2D eigenvalue weighted by Gasteiger charge is 2.43. The molecule has 0 bridgehead atoms. The molecule has 1 fully saturated rings. The molecule has 2 nitrogen and oxygen atoms in total. The second kappa shape index (κ2) is 4.01. The van der Waals surface area contributed by atoms with Gasteiger partial charge in [-0.3, -0.25) is 0 Å². The summed E-state index contributed by atoms with van der Waals surface area (Å²) in [5.74, 6) is 0. The van der Waals surface area contributed by atoms with Gasteiger partial charge >= 0.3 is 0 Å². The maximum Gasteiger partial charge on any atom is 0.0556 e. The van der Waals surface area contributed by atoms with E-state index >= 15 is 0 Å². The first-order chi connectivity index (χ1) is 6.77. The Morgan fingerprint density at radius 1 is 1.29 bits per heavy atom. The normalized spacial score (nSPS) is 18.1. The fourth-order valence-electron chi connectivity index (χ4n) is 1.76. The number of benzene rings is 1. The molecule has 1 aliphatic rings. The summed E-state index contributed by atoms with van der Waals surface area (Å²) in [7, 11) is 0. The van der Waals surface area contributed by atoms with Crippen LogP contribution in [0.5, 0.6) is 0 Å². The topological polar surface area (TPSA) is 32.3 Å². The van der Waals surface area contributed by atoms with Gasteiger partial charge in [-0.25, -0.2) is 0 Å². The van der Waals surface area contributed by atoms with Gasteiger partial charge in [-0.15, -0.1) is 0 Å². The first-order valence-corrected chi connectivity index (χ1v) is 5.68. The Morgan fingerprint density at radius 3 is 2.43 bits per heavy atom. The summed E-state index contributed by atoms with van der Waals surface area (Å²) in [6.45, 7) is 0.883. The third-order valence-corrected chi connectivity index (χ3v) is 3.25. The maximum atomic E-state index is 8.78. The summed E-state index contributed by atoms with van der Waals surface area (Å²) in [5, 5.41) is 12.2. The number of rotatable bonds is 4. The van der Waals surface area contributed by atoms with E-state index in [1.807, 2.05) is 0 Å². The average Bonchev–Trinajstić information content (AvgIpc) is 2.97. The van der Waals surface area contributed by atoms with Crippen LogP contribution < -0.4 is 5.32 Å². The van der Waals surface area contributed by atoms with E-state index in [-0.39, 0.29) is 12.1 Å². The van der Waals surface area contributed by atoms with Crippen LogP contribution in [-0.4, -0.2) is 18.3 Å². The van der Waals surface area contributed by atoms with E-state index in [0.29, 0.717) is 6.54 Å². The van der Waals surface area contributed by atoms with Gasteiger partial charge in [-0.05, 0) is 30.5 Å². The van der Waals surface area contributed by atoms with Gasteiger partial charge in [-0.1, -0.05) is 28.1 Å². The Labute approximate surface area is 92.5 Å². The summed E-state index contributed by atoms with van der Waals surface area (Å²) in [5.41, 5.74) is 1.48. The van der Waals surface area contributed by atoms with E-state index < -0.39 is 0 Å². The van der Waals surface area contributed by atoms with Gasteiger partial charge in [0.1, 0.15) is 0 Å². The Balaban J connectivity index is 2.10. The molecule has 3 heteroatoms. The highest BCUT2D eigenvalue weighted by molar-refractivity contribution is 9.10. The van der Waals surface area contributed by atoms with Gasteiger partial charge < -0.3 is 10.4 Å². The van der Waals surface area contributed by atoms with Crippen LogP contribution >= 0.6 is 15.9 Å². The highest BCUT2D eigenvalue weighted by atomic mass is 79.9. The molecular weight excluding hydrogens is 242 g/mol. The lowest BCUT2D eigenvalue weighted by molar-refractivity contribution is 0.281. The van der Waals surface area contributed by atoms with E-state index in [9.17, 15) is 0 Å². The van der Waals surface area contributed by atoms with Crippen molar-refractivity contribution in [1.29, 1.82) is 0 Å². The molecule has 1 saturated carbocycles. The van der Waals surface area contributed by atoms with Crippen molar-refractivity contribution in [3.05, 3.63) is 34.3 Å². The lowest BCUT2D eigenvalue weighted by Crippen LogP contribution is -2.31. The zero-order valence-electron chi connectivity index (χ0n) is 7.96. The van der Waals surface area contributed by atoms with Crippen LogP contribution in [-0.2, 0) is 5.54 Å².